The van der Waals surface area contributed by atoms with E-state index in [0.717, 1.165) is 12.8 Å². The van der Waals surface area contributed by atoms with Gasteiger partial charge in [-0.2, -0.15) is 0 Å². The number of amides is 2. The number of hydrogen-bond acceptors (Lipinski definition) is 4. The monoisotopic (exact) mass is 318 g/mol. The van der Waals surface area contributed by atoms with Crippen LogP contribution in [0.4, 0.5) is 10.5 Å². The molecule has 0 saturated carbocycles. The first-order valence-electron chi connectivity index (χ1n) is 7.61. The van der Waals surface area contributed by atoms with E-state index in [0.29, 0.717) is 23.5 Å². The Kier molecular flexibility index (Phi) is 5.62. The number of urea groups is 1. The molecular formula is C17H22N2O4. The van der Waals surface area contributed by atoms with E-state index in [9.17, 15) is 9.59 Å². The van der Waals surface area contributed by atoms with Crippen molar-refractivity contribution in [2.75, 3.05) is 26.1 Å². The molecule has 1 aliphatic rings. The molecule has 6 heteroatoms. The molecule has 124 valence electrons. The molecular weight excluding hydrogens is 296 g/mol. The van der Waals surface area contributed by atoms with Crippen LogP contribution in [-0.2, 0) is 4.74 Å². The molecule has 1 aliphatic heterocycles. The van der Waals surface area contributed by atoms with Crippen LogP contribution < -0.4 is 10.1 Å². The number of esters is 1. The van der Waals surface area contributed by atoms with Gasteiger partial charge in [0.2, 0.25) is 0 Å². The molecule has 1 aromatic carbocycles. The zero-order valence-corrected chi connectivity index (χ0v) is 13.7. The summed E-state index contributed by atoms with van der Waals surface area (Å²) in [6.45, 7) is 2.67. The first-order chi connectivity index (χ1) is 11.1. The first-order valence-corrected chi connectivity index (χ1v) is 7.61. The van der Waals surface area contributed by atoms with Gasteiger partial charge < -0.3 is 19.7 Å². The Hall–Kier alpha value is -2.50. The van der Waals surface area contributed by atoms with Crippen molar-refractivity contribution in [3.05, 3.63) is 35.9 Å². The van der Waals surface area contributed by atoms with Crippen LogP contribution in [0.25, 0.3) is 0 Å². The molecule has 2 amide bonds. The number of carbonyl (C=O) groups is 2. The van der Waals surface area contributed by atoms with E-state index in [1.807, 2.05) is 12.2 Å². The number of nitrogens with one attached hydrogen (secondary N) is 1. The van der Waals surface area contributed by atoms with Crippen LogP contribution in [0.3, 0.4) is 0 Å². The Morgan fingerprint density at radius 2 is 2.13 bits per heavy atom. The summed E-state index contributed by atoms with van der Waals surface area (Å²) in [5, 5.41) is 2.83. The fraction of sp³-hybridized carbons (Fsp3) is 0.412. The molecule has 1 N–H and O–H groups in total. The number of anilines is 1. The second-order valence-corrected chi connectivity index (χ2v) is 5.27. The van der Waals surface area contributed by atoms with E-state index in [1.165, 1.54) is 14.2 Å². The second-order valence-electron chi connectivity index (χ2n) is 5.27. The van der Waals surface area contributed by atoms with Gasteiger partial charge in [-0.05, 0) is 24.6 Å². The van der Waals surface area contributed by atoms with Crippen molar-refractivity contribution in [3.8, 4) is 5.75 Å². The number of methoxy groups -OCH3 is 2. The van der Waals surface area contributed by atoms with Crippen molar-refractivity contribution in [3.63, 3.8) is 0 Å². The molecule has 6 nitrogen and oxygen atoms in total. The van der Waals surface area contributed by atoms with E-state index in [1.54, 1.807) is 23.1 Å². The highest BCUT2D eigenvalue weighted by Crippen LogP contribution is 2.27. The van der Waals surface area contributed by atoms with Gasteiger partial charge in [-0.25, -0.2) is 9.59 Å². The number of carbonyl (C=O) groups excluding carboxylic acids is 2. The predicted molar refractivity (Wildman–Crippen MR) is 87.9 cm³/mol. The molecule has 0 spiro atoms. The fourth-order valence-electron chi connectivity index (χ4n) is 2.59. The minimum atomic E-state index is -0.463. The molecule has 1 aromatic rings. The SMILES string of the molecule is CCC[C@@H]1C=CCN1C(=O)Nc1cc(C(=O)OC)ccc1OC. The highest BCUT2D eigenvalue weighted by molar-refractivity contribution is 5.95. The Balaban J connectivity index is 2.17. The molecule has 0 saturated heterocycles. The highest BCUT2D eigenvalue weighted by atomic mass is 16.5. The summed E-state index contributed by atoms with van der Waals surface area (Å²) in [6, 6.07) is 4.68. The summed E-state index contributed by atoms with van der Waals surface area (Å²) in [7, 11) is 2.83. The van der Waals surface area contributed by atoms with Crippen molar-refractivity contribution in [1.82, 2.24) is 4.90 Å². The summed E-state index contributed by atoms with van der Waals surface area (Å²) in [5.41, 5.74) is 0.802. The largest absolute Gasteiger partial charge is 0.495 e. The van der Waals surface area contributed by atoms with E-state index < -0.39 is 5.97 Å². The third-order valence-corrected chi connectivity index (χ3v) is 3.77. The third kappa shape index (κ3) is 3.83. The standard InChI is InChI=1S/C17H22N2O4/c1-4-6-13-7-5-10-19(13)17(21)18-14-11-12(16(20)23-3)8-9-15(14)22-2/h5,7-9,11,13H,4,6,10H2,1-3H3,(H,18,21)/t13-/m1/s1. The second kappa shape index (κ2) is 7.67. The van der Waals surface area contributed by atoms with Crippen LogP contribution in [0, 0.1) is 0 Å². The molecule has 23 heavy (non-hydrogen) atoms. The molecule has 2 rings (SSSR count). The van der Waals surface area contributed by atoms with E-state index in [4.69, 9.17) is 9.47 Å². The fourth-order valence-corrected chi connectivity index (χ4v) is 2.59. The average molecular weight is 318 g/mol. The molecule has 1 atom stereocenters. The number of hydrogen-bond donors (Lipinski definition) is 1. The maximum atomic E-state index is 12.5. The van der Waals surface area contributed by atoms with Crippen molar-refractivity contribution >= 4 is 17.7 Å². The van der Waals surface area contributed by atoms with Gasteiger partial charge in [-0.1, -0.05) is 25.5 Å². The van der Waals surface area contributed by atoms with E-state index >= 15 is 0 Å². The van der Waals surface area contributed by atoms with Crippen LogP contribution in [0.15, 0.2) is 30.4 Å². The van der Waals surface area contributed by atoms with Crippen molar-refractivity contribution < 1.29 is 19.1 Å². The maximum absolute atomic E-state index is 12.5. The van der Waals surface area contributed by atoms with Crippen LogP contribution in [-0.4, -0.2) is 43.7 Å². The van der Waals surface area contributed by atoms with Gasteiger partial charge in [0.15, 0.2) is 0 Å². The minimum Gasteiger partial charge on any atom is -0.495 e. The van der Waals surface area contributed by atoms with Crippen LogP contribution in [0.1, 0.15) is 30.1 Å². The lowest BCUT2D eigenvalue weighted by Gasteiger charge is -2.25. The zero-order chi connectivity index (χ0) is 16.8. The highest BCUT2D eigenvalue weighted by Gasteiger charge is 2.25. The van der Waals surface area contributed by atoms with E-state index in [-0.39, 0.29) is 12.1 Å². The molecule has 1 heterocycles. The number of nitrogens with zero attached hydrogens (tertiary/aromatic N) is 1. The molecule has 0 unspecified atom stereocenters. The Labute approximate surface area is 136 Å². The minimum absolute atomic E-state index is 0.106. The predicted octanol–water partition coefficient (Wildman–Crippen LogP) is 3.05. The summed E-state index contributed by atoms with van der Waals surface area (Å²) in [6.07, 6.45) is 5.95. The van der Waals surface area contributed by atoms with Crippen molar-refractivity contribution in [1.29, 1.82) is 0 Å². The Morgan fingerprint density at radius 1 is 1.35 bits per heavy atom. The van der Waals surface area contributed by atoms with Gasteiger partial charge in [0, 0.05) is 6.54 Å². The first kappa shape index (κ1) is 16.9. The molecule has 0 radical (unpaired) electrons. The van der Waals surface area contributed by atoms with Crippen LogP contribution in [0.2, 0.25) is 0 Å². The lowest BCUT2D eigenvalue weighted by molar-refractivity contribution is 0.0600. The van der Waals surface area contributed by atoms with E-state index in [2.05, 4.69) is 12.2 Å². The zero-order valence-electron chi connectivity index (χ0n) is 13.7. The molecule has 0 aliphatic carbocycles. The van der Waals surface area contributed by atoms with Crippen molar-refractivity contribution in [2.45, 2.75) is 25.8 Å². The summed E-state index contributed by atoms with van der Waals surface area (Å²) >= 11 is 0. The topological polar surface area (TPSA) is 67.9 Å². The molecule has 0 aromatic heterocycles. The van der Waals surface area contributed by atoms with Crippen molar-refractivity contribution in [2.24, 2.45) is 0 Å². The Bertz CT molecular complexity index is 613. The lowest BCUT2D eigenvalue weighted by Crippen LogP contribution is -2.39. The summed E-state index contributed by atoms with van der Waals surface area (Å²) < 4.78 is 9.96. The summed E-state index contributed by atoms with van der Waals surface area (Å²) in [5.74, 6) is 0.0278. The summed E-state index contributed by atoms with van der Waals surface area (Å²) in [4.78, 5) is 25.9. The normalized spacial score (nSPS) is 16.3. The average Bonchev–Trinajstić information content (AvgIpc) is 3.02. The smallest absolute Gasteiger partial charge is 0.337 e. The lowest BCUT2D eigenvalue weighted by atomic mass is 10.1. The number of rotatable bonds is 5. The molecule has 0 fully saturated rings. The van der Waals surface area contributed by atoms with Crippen LogP contribution >= 0.6 is 0 Å². The molecule has 0 bridgehead atoms. The van der Waals surface area contributed by atoms with Gasteiger partial charge in [-0.3, -0.25) is 0 Å². The van der Waals surface area contributed by atoms with Gasteiger partial charge in [0.25, 0.3) is 0 Å². The van der Waals surface area contributed by atoms with Gasteiger partial charge in [0.1, 0.15) is 5.75 Å². The van der Waals surface area contributed by atoms with Gasteiger partial charge >= 0.3 is 12.0 Å². The maximum Gasteiger partial charge on any atom is 0.337 e. The third-order valence-electron chi connectivity index (χ3n) is 3.77. The van der Waals surface area contributed by atoms with Crippen LogP contribution in [0.5, 0.6) is 5.75 Å². The Morgan fingerprint density at radius 3 is 2.78 bits per heavy atom. The quantitative estimate of drug-likeness (QED) is 0.669. The number of ether oxygens (including phenoxy) is 2. The van der Waals surface area contributed by atoms with Gasteiger partial charge in [0.05, 0.1) is 31.5 Å². The van der Waals surface area contributed by atoms with Gasteiger partial charge in [-0.15, -0.1) is 0 Å². The number of benzene rings is 1.